The highest BCUT2D eigenvalue weighted by atomic mass is 16.5. The van der Waals surface area contributed by atoms with E-state index in [1.807, 2.05) is 43.9 Å². The fourth-order valence-electron chi connectivity index (χ4n) is 5.63. The molecule has 0 N–H and O–H groups in total. The number of aryl methyl sites for hydroxylation is 1. The van der Waals surface area contributed by atoms with Crippen molar-refractivity contribution in [3.8, 4) is 5.75 Å². The van der Waals surface area contributed by atoms with Gasteiger partial charge in [0.1, 0.15) is 5.75 Å². The number of hydrogen-bond acceptors (Lipinski definition) is 4. The lowest BCUT2D eigenvalue weighted by molar-refractivity contribution is -0.177. The molecule has 5 nitrogen and oxygen atoms in total. The molecule has 2 aliphatic heterocycles. The highest BCUT2D eigenvalue weighted by Gasteiger charge is 2.44. The fraction of sp³-hybridized carbons (Fsp3) is 0.406. The first-order chi connectivity index (χ1) is 17.9. The smallest absolute Gasteiger partial charge is 0.253 e. The monoisotopic (exact) mass is 498 g/mol. The van der Waals surface area contributed by atoms with Crippen LogP contribution in [-0.2, 0) is 11.3 Å². The Balaban J connectivity index is 1.29. The average molecular weight is 499 g/mol. The van der Waals surface area contributed by atoms with Crippen LogP contribution in [0.4, 0.5) is 0 Å². The summed E-state index contributed by atoms with van der Waals surface area (Å²) in [7, 11) is 0. The van der Waals surface area contributed by atoms with Crippen molar-refractivity contribution in [1.29, 1.82) is 0 Å². The van der Waals surface area contributed by atoms with Crippen LogP contribution in [0.3, 0.4) is 0 Å². The summed E-state index contributed by atoms with van der Waals surface area (Å²) in [5.74, 6) is 0.927. The minimum absolute atomic E-state index is 0.0251. The molecule has 0 aliphatic carbocycles. The van der Waals surface area contributed by atoms with E-state index in [0.29, 0.717) is 13.1 Å². The van der Waals surface area contributed by atoms with E-state index in [1.165, 1.54) is 11.1 Å². The molecule has 37 heavy (non-hydrogen) atoms. The second kappa shape index (κ2) is 11.1. The Morgan fingerprint density at radius 3 is 2.32 bits per heavy atom. The average Bonchev–Trinajstić information content (AvgIpc) is 2.90. The van der Waals surface area contributed by atoms with Crippen LogP contribution in [-0.4, -0.2) is 53.6 Å². The van der Waals surface area contributed by atoms with E-state index >= 15 is 0 Å². The molecular formula is C32H38N2O3. The number of rotatable bonds is 6. The Hall–Kier alpha value is -3.15. The summed E-state index contributed by atoms with van der Waals surface area (Å²) in [6, 6.07) is 27.0. The lowest BCUT2D eigenvalue weighted by Crippen LogP contribution is -2.57. The molecule has 0 aromatic heterocycles. The number of benzene rings is 3. The molecule has 5 rings (SSSR count). The molecule has 2 fully saturated rings. The number of nitrogens with zero attached hydrogens (tertiary/aromatic N) is 2. The van der Waals surface area contributed by atoms with Gasteiger partial charge in [-0.05, 0) is 68.5 Å². The molecule has 0 bridgehead atoms. The molecule has 3 aromatic carbocycles. The van der Waals surface area contributed by atoms with Crippen molar-refractivity contribution in [1.82, 2.24) is 9.80 Å². The fourth-order valence-corrected chi connectivity index (χ4v) is 5.63. The molecule has 2 saturated heterocycles. The van der Waals surface area contributed by atoms with E-state index in [-0.39, 0.29) is 23.7 Å². The van der Waals surface area contributed by atoms with Crippen molar-refractivity contribution in [2.75, 3.05) is 26.2 Å². The second-order valence-electron chi connectivity index (χ2n) is 10.8. The van der Waals surface area contributed by atoms with Crippen molar-refractivity contribution in [2.24, 2.45) is 0 Å². The van der Waals surface area contributed by atoms with Crippen LogP contribution in [0.25, 0.3) is 0 Å². The van der Waals surface area contributed by atoms with Gasteiger partial charge >= 0.3 is 0 Å². The van der Waals surface area contributed by atoms with Crippen LogP contribution in [0.5, 0.6) is 5.75 Å². The van der Waals surface area contributed by atoms with Gasteiger partial charge in [-0.3, -0.25) is 9.69 Å². The van der Waals surface area contributed by atoms with Gasteiger partial charge in [-0.25, -0.2) is 0 Å². The standard InChI is InChI=1S/C32H38N2O3/c1-24(2)36-29-15-14-28(20-25(29)3)31(35)34-18-16-32(17-19-34)23-33(21-26-10-6-4-7-11-26)22-30(37-32)27-12-8-5-9-13-27/h4-15,20,24,30H,16-19,21-23H2,1-3H3. The quantitative estimate of drug-likeness (QED) is 0.416. The summed E-state index contributed by atoms with van der Waals surface area (Å²) in [6.45, 7) is 10.1. The van der Waals surface area contributed by atoms with Crippen molar-refractivity contribution < 1.29 is 14.3 Å². The number of carbonyl (C=O) groups excluding carboxylic acids is 1. The van der Waals surface area contributed by atoms with E-state index in [2.05, 4.69) is 65.6 Å². The summed E-state index contributed by atoms with van der Waals surface area (Å²) in [4.78, 5) is 17.9. The molecule has 194 valence electrons. The SMILES string of the molecule is Cc1cc(C(=O)N2CCC3(CC2)CN(Cc2ccccc2)CC(c2ccccc2)O3)ccc1OC(C)C. The summed E-state index contributed by atoms with van der Waals surface area (Å²) in [5, 5.41) is 0. The third kappa shape index (κ3) is 6.06. The second-order valence-corrected chi connectivity index (χ2v) is 10.8. The molecule has 1 amide bonds. The Kier molecular flexibility index (Phi) is 7.63. The summed E-state index contributed by atoms with van der Waals surface area (Å²) < 4.78 is 12.7. The van der Waals surface area contributed by atoms with Crippen molar-refractivity contribution in [2.45, 2.75) is 58.0 Å². The number of carbonyl (C=O) groups is 1. The molecule has 1 spiro atoms. The van der Waals surface area contributed by atoms with Crippen LogP contribution in [0, 0.1) is 6.92 Å². The molecule has 2 aliphatic rings. The Morgan fingerprint density at radius 1 is 1.00 bits per heavy atom. The summed E-state index contributed by atoms with van der Waals surface area (Å²) >= 11 is 0. The summed E-state index contributed by atoms with van der Waals surface area (Å²) in [6.07, 6.45) is 1.80. The van der Waals surface area contributed by atoms with Crippen molar-refractivity contribution in [3.05, 3.63) is 101 Å². The number of amides is 1. The lowest BCUT2D eigenvalue weighted by atomic mass is 9.87. The zero-order valence-corrected chi connectivity index (χ0v) is 22.2. The zero-order valence-electron chi connectivity index (χ0n) is 22.2. The van der Waals surface area contributed by atoms with Gasteiger partial charge in [0, 0.05) is 38.3 Å². The highest BCUT2D eigenvalue weighted by molar-refractivity contribution is 5.94. The predicted molar refractivity (Wildman–Crippen MR) is 147 cm³/mol. The third-order valence-electron chi connectivity index (χ3n) is 7.49. The van der Waals surface area contributed by atoms with E-state index in [4.69, 9.17) is 9.47 Å². The third-order valence-corrected chi connectivity index (χ3v) is 7.49. The number of morpholine rings is 1. The van der Waals surface area contributed by atoms with Gasteiger partial charge in [0.25, 0.3) is 5.91 Å². The summed E-state index contributed by atoms with van der Waals surface area (Å²) in [5.41, 5.74) is 4.00. The van der Waals surface area contributed by atoms with Gasteiger partial charge in [-0.15, -0.1) is 0 Å². The zero-order chi connectivity index (χ0) is 25.8. The van der Waals surface area contributed by atoms with Gasteiger partial charge in [0.05, 0.1) is 17.8 Å². The number of hydrogen-bond donors (Lipinski definition) is 0. The van der Waals surface area contributed by atoms with E-state index in [0.717, 1.165) is 49.4 Å². The largest absolute Gasteiger partial charge is 0.491 e. The van der Waals surface area contributed by atoms with Gasteiger partial charge in [-0.2, -0.15) is 0 Å². The van der Waals surface area contributed by atoms with E-state index in [9.17, 15) is 4.79 Å². The first kappa shape index (κ1) is 25.5. The number of ether oxygens (including phenoxy) is 2. The first-order valence-corrected chi connectivity index (χ1v) is 13.5. The first-order valence-electron chi connectivity index (χ1n) is 13.5. The van der Waals surface area contributed by atoms with E-state index in [1.54, 1.807) is 0 Å². The lowest BCUT2D eigenvalue weighted by Gasteiger charge is -2.50. The highest BCUT2D eigenvalue weighted by Crippen LogP contribution is 2.38. The van der Waals surface area contributed by atoms with E-state index < -0.39 is 0 Å². The van der Waals surface area contributed by atoms with Crippen molar-refractivity contribution in [3.63, 3.8) is 0 Å². The van der Waals surface area contributed by atoms with Gasteiger partial charge in [0.15, 0.2) is 0 Å². The van der Waals surface area contributed by atoms with Crippen LogP contribution >= 0.6 is 0 Å². The molecule has 0 saturated carbocycles. The minimum atomic E-state index is -0.255. The maximum Gasteiger partial charge on any atom is 0.253 e. The molecule has 5 heteroatoms. The molecule has 1 unspecified atom stereocenters. The molecule has 1 atom stereocenters. The predicted octanol–water partition coefficient (Wildman–Crippen LogP) is 6.03. The number of likely N-dealkylation sites (tertiary alicyclic amines) is 1. The molecular weight excluding hydrogens is 460 g/mol. The van der Waals surface area contributed by atoms with Crippen LogP contribution < -0.4 is 4.74 Å². The van der Waals surface area contributed by atoms with Gasteiger partial charge < -0.3 is 14.4 Å². The minimum Gasteiger partial charge on any atom is -0.491 e. The van der Waals surface area contributed by atoms with Crippen molar-refractivity contribution >= 4 is 5.91 Å². The maximum atomic E-state index is 13.4. The van der Waals surface area contributed by atoms with Gasteiger partial charge in [-0.1, -0.05) is 60.7 Å². The van der Waals surface area contributed by atoms with Crippen LogP contribution in [0.2, 0.25) is 0 Å². The topological polar surface area (TPSA) is 42.0 Å². The van der Waals surface area contributed by atoms with Gasteiger partial charge in [0.2, 0.25) is 0 Å². The molecule has 0 radical (unpaired) electrons. The Labute approximate surface area is 221 Å². The van der Waals surface area contributed by atoms with Crippen LogP contribution in [0.1, 0.15) is 59.8 Å². The molecule has 2 heterocycles. The normalized spacial score (nSPS) is 19.8. The van der Waals surface area contributed by atoms with Crippen LogP contribution in [0.15, 0.2) is 78.9 Å². The number of piperidine rings is 1. The Morgan fingerprint density at radius 2 is 1.68 bits per heavy atom. The Bertz CT molecular complexity index is 1190. The molecule has 3 aromatic rings. The maximum absolute atomic E-state index is 13.4.